The Bertz CT molecular complexity index is 546. The van der Waals surface area contributed by atoms with Crippen molar-refractivity contribution >= 4 is 11.3 Å². The Balaban J connectivity index is 2.06. The minimum atomic E-state index is -4.20. The lowest BCUT2D eigenvalue weighted by Crippen LogP contribution is -2.38. The van der Waals surface area contributed by atoms with Gasteiger partial charge in [-0.05, 0) is 23.4 Å². The maximum absolute atomic E-state index is 12.6. The second-order valence-electron chi connectivity index (χ2n) is 5.41. The van der Waals surface area contributed by atoms with Crippen LogP contribution in [0.5, 0.6) is 0 Å². The van der Waals surface area contributed by atoms with E-state index in [-0.39, 0.29) is 12.6 Å². The van der Waals surface area contributed by atoms with E-state index in [0.29, 0.717) is 6.54 Å². The van der Waals surface area contributed by atoms with Crippen LogP contribution in [0.15, 0.2) is 29.1 Å². The predicted molar refractivity (Wildman–Crippen MR) is 78.0 cm³/mol. The molecule has 0 unspecified atom stereocenters. The number of hydrogen-bond donors (Lipinski definition) is 0. The molecule has 0 amide bonds. The Morgan fingerprint density at radius 2 is 2.10 bits per heavy atom. The van der Waals surface area contributed by atoms with Gasteiger partial charge in [-0.15, -0.1) is 0 Å². The van der Waals surface area contributed by atoms with Gasteiger partial charge in [-0.25, -0.2) is 0 Å². The highest BCUT2D eigenvalue weighted by molar-refractivity contribution is 7.08. The third-order valence-corrected chi connectivity index (χ3v) is 3.51. The summed E-state index contributed by atoms with van der Waals surface area (Å²) in [4.78, 5) is 1.37. The zero-order chi connectivity index (χ0) is 15.5. The van der Waals surface area contributed by atoms with Gasteiger partial charge in [0.25, 0.3) is 0 Å². The van der Waals surface area contributed by atoms with Crippen LogP contribution in [-0.4, -0.2) is 33.9 Å². The zero-order valence-electron chi connectivity index (χ0n) is 12.0. The van der Waals surface area contributed by atoms with Crippen molar-refractivity contribution in [1.82, 2.24) is 14.7 Å². The molecule has 0 bridgehead atoms. The van der Waals surface area contributed by atoms with Crippen molar-refractivity contribution < 1.29 is 13.2 Å². The molecule has 0 aliphatic heterocycles. The van der Waals surface area contributed by atoms with Gasteiger partial charge in [-0.1, -0.05) is 13.8 Å². The fraction of sp³-hybridized carbons (Fsp3) is 0.500. The Labute approximate surface area is 126 Å². The average Bonchev–Trinajstić information content (AvgIpc) is 2.94. The lowest BCUT2D eigenvalue weighted by Gasteiger charge is -2.25. The first-order valence-corrected chi connectivity index (χ1v) is 7.63. The highest BCUT2D eigenvalue weighted by Gasteiger charge is 2.31. The van der Waals surface area contributed by atoms with Crippen LogP contribution in [0.3, 0.4) is 0 Å². The van der Waals surface area contributed by atoms with Gasteiger partial charge in [0.05, 0.1) is 18.9 Å². The van der Waals surface area contributed by atoms with Gasteiger partial charge in [0.2, 0.25) is 0 Å². The van der Waals surface area contributed by atoms with Gasteiger partial charge >= 0.3 is 6.18 Å². The van der Waals surface area contributed by atoms with Gasteiger partial charge in [0.15, 0.2) is 0 Å². The molecule has 0 fully saturated rings. The fourth-order valence-corrected chi connectivity index (χ4v) is 2.80. The highest BCUT2D eigenvalue weighted by atomic mass is 32.1. The number of aromatic nitrogens is 2. The van der Waals surface area contributed by atoms with Gasteiger partial charge < -0.3 is 0 Å². The Kier molecular flexibility index (Phi) is 5.05. The molecule has 0 saturated carbocycles. The SMILES string of the molecule is CC(C)CN(Cn1ccc(-c2ccsc2)n1)CC(F)(F)F. The standard InChI is InChI=1S/C14H18F3N3S/c1-11(2)7-19(9-14(15,16)17)10-20-5-3-13(18-20)12-4-6-21-8-12/h3-6,8,11H,7,9-10H2,1-2H3. The summed E-state index contributed by atoms with van der Waals surface area (Å²) in [6, 6.07) is 3.77. The summed E-state index contributed by atoms with van der Waals surface area (Å²) in [6.07, 6.45) is -2.48. The van der Waals surface area contributed by atoms with E-state index in [1.807, 2.05) is 36.7 Å². The van der Waals surface area contributed by atoms with Crippen LogP contribution in [-0.2, 0) is 6.67 Å². The third-order valence-electron chi connectivity index (χ3n) is 2.83. The monoisotopic (exact) mass is 317 g/mol. The molecule has 0 aromatic carbocycles. The molecule has 3 nitrogen and oxygen atoms in total. The Morgan fingerprint density at radius 1 is 1.33 bits per heavy atom. The topological polar surface area (TPSA) is 21.1 Å². The van der Waals surface area contributed by atoms with Crippen molar-refractivity contribution in [3.05, 3.63) is 29.1 Å². The van der Waals surface area contributed by atoms with Crippen molar-refractivity contribution in [3.8, 4) is 11.3 Å². The second-order valence-corrected chi connectivity index (χ2v) is 6.19. The lowest BCUT2D eigenvalue weighted by molar-refractivity contribution is -0.150. The summed E-state index contributed by atoms with van der Waals surface area (Å²) in [5.74, 6) is 0.166. The van der Waals surface area contributed by atoms with Crippen LogP contribution in [0.2, 0.25) is 0 Å². The lowest BCUT2D eigenvalue weighted by atomic mass is 10.2. The minimum absolute atomic E-state index is 0.141. The molecule has 0 radical (unpaired) electrons. The van der Waals surface area contributed by atoms with E-state index >= 15 is 0 Å². The van der Waals surface area contributed by atoms with E-state index in [9.17, 15) is 13.2 Å². The molecule has 0 aliphatic carbocycles. The van der Waals surface area contributed by atoms with E-state index in [0.717, 1.165) is 11.3 Å². The van der Waals surface area contributed by atoms with E-state index < -0.39 is 12.7 Å². The normalized spacial score (nSPS) is 12.5. The van der Waals surface area contributed by atoms with E-state index in [2.05, 4.69) is 5.10 Å². The van der Waals surface area contributed by atoms with E-state index in [4.69, 9.17) is 0 Å². The number of halogens is 3. The molecule has 0 atom stereocenters. The summed E-state index contributed by atoms with van der Waals surface area (Å²) < 4.78 is 39.4. The van der Waals surface area contributed by atoms with Crippen LogP contribution < -0.4 is 0 Å². The maximum Gasteiger partial charge on any atom is 0.401 e. The summed E-state index contributed by atoms with van der Waals surface area (Å²) in [7, 11) is 0. The molecule has 2 heterocycles. The summed E-state index contributed by atoms with van der Waals surface area (Å²) in [5, 5.41) is 8.26. The minimum Gasteiger partial charge on any atom is -0.275 e. The number of alkyl halides is 3. The van der Waals surface area contributed by atoms with Crippen LogP contribution in [0.4, 0.5) is 13.2 Å². The molecule has 0 spiro atoms. The third kappa shape index (κ3) is 5.17. The predicted octanol–water partition coefficient (Wildman–Crippen LogP) is 4.09. The molecule has 2 rings (SSSR count). The smallest absolute Gasteiger partial charge is 0.275 e. The van der Waals surface area contributed by atoms with Crippen molar-refractivity contribution in [2.24, 2.45) is 5.92 Å². The van der Waals surface area contributed by atoms with E-state index in [1.54, 1.807) is 22.2 Å². The first-order chi connectivity index (χ1) is 9.83. The summed E-state index contributed by atoms with van der Waals surface area (Å²) in [5.41, 5.74) is 1.78. The molecule has 0 N–H and O–H groups in total. The first kappa shape index (κ1) is 16.0. The Morgan fingerprint density at radius 3 is 2.67 bits per heavy atom. The molecule has 0 aliphatic rings. The molecule has 0 saturated heterocycles. The van der Waals surface area contributed by atoms with Crippen LogP contribution >= 0.6 is 11.3 Å². The van der Waals surface area contributed by atoms with E-state index in [1.165, 1.54) is 4.90 Å². The molecular formula is C14H18F3N3S. The van der Waals surface area contributed by atoms with Crippen LogP contribution in [0, 0.1) is 5.92 Å². The molecule has 2 aromatic rings. The largest absolute Gasteiger partial charge is 0.401 e. The number of thiophene rings is 1. The van der Waals surface area contributed by atoms with Crippen molar-refractivity contribution in [3.63, 3.8) is 0 Å². The fourth-order valence-electron chi connectivity index (χ4n) is 2.15. The van der Waals surface area contributed by atoms with Gasteiger partial charge in [-0.3, -0.25) is 9.58 Å². The molecule has 2 aromatic heterocycles. The number of rotatable bonds is 6. The maximum atomic E-state index is 12.6. The van der Waals surface area contributed by atoms with Crippen molar-refractivity contribution in [2.45, 2.75) is 26.7 Å². The number of hydrogen-bond acceptors (Lipinski definition) is 3. The highest BCUT2D eigenvalue weighted by Crippen LogP contribution is 2.21. The average molecular weight is 317 g/mol. The number of nitrogens with zero attached hydrogens (tertiary/aromatic N) is 3. The van der Waals surface area contributed by atoms with Crippen molar-refractivity contribution in [2.75, 3.05) is 13.1 Å². The van der Waals surface area contributed by atoms with Crippen LogP contribution in [0.1, 0.15) is 13.8 Å². The van der Waals surface area contributed by atoms with Gasteiger partial charge in [-0.2, -0.15) is 29.6 Å². The molecule has 7 heteroatoms. The van der Waals surface area contributed by atoms with Gasteiger partial charge in [0.1, 0.15) is 0 Å². The van der Waals surface area contributed by atoms with Gasteiger partial charge in [0, 0.05) is 23.7 Å². The first-order valence-electron chi connectivity index (χ1n) is 6.68. The molecule has 21 heavy (non-hydrogen) atoms. The molecule has 116 valence electrons. The zero-order valence-corrected chi connectivity index (χ0v) is 12.8. The second kappa shape index (κ2) is 6.62. The van der Waals surface area contributed by atoms with Crippen molar-refractivity contribution in [1.29, 1.82) is 0 Å². The summed E-state index contributed by atoms with van der Waals surface area (Å²) >= 11 is 1.57. The Hall–Kier alpha value is -1.34. The quantitative estimate of drug-likeness (QED) is 0.800. The summed E-state index contributed by atoms with van der Waals surface area (Å²) in [6.45, 7) is 3.42. The molecular weight excluding hydrogens is 299 g/mol. The van der Waals surface area contributed by atoms with Crippen LogP contribution in [0.25, 0.3) is 11.3 Å².